The Morgan fingerprint density at radius 2 is 2.06 bits per heavy atom. The lowest BCUT2D eigenvalue weighted by Crippen LogP contribution is -2.30. The summed E-state index contributed by atoms with van der Waals surface area (Å²) in [6, 6.07) is 6.47. The molecular weight excluding hydrogens is 234 g/mol. The van der Waals surface area contributed by atoms with Crippen molar-refractivity contribution in [3.8, 4) is 0 Å². The first-order valence-electron chi connectivity index (χ1n) is 5.84. The van der Waals surface area contributed by atoms with Gasteiger partial charge in [0.05, 0.1) is 18.1 Å². The molecular formula is C13H15NO4. The SMILES string of the molecule is O=C(O)c1ccc(CNC(=O)C2CCOC2)cc1. The van der Waals surface area contributed by atoms with E-state index in [0.717, 1.165) is 12.0 Å². The maximum absolute atomic E-state index is 11.7. The molecule has 1 amide bonds. The second-order valence-corrected chi connectivity index (χ2v) is 4.28. The number of carbonyl (C=O) groups excluding carboxylic acids is 1. The molecule has 2 N–H and O–H groups in total. The summed E-state index contributed by atoms with van der Waals surface area (Å²) in [5.74, 6) is -1.01. The first-order chi connectivity index (χ1) is 8.66. The molecule has 1 unspecified atom stereocenters. The third-order valence-electron chi connectivity index (χ3n) is 2.97. The summed E-state index contributed by atoms with van der Waals surface area (Å²) in [6.45, 7) is 1.55. The zero-order valence-corrected chi connectivity index (χ0v) is 9.89. The van der Waals surface area contributed by atoms with E-state index in [0.29, 0.717) is 19.8 Å². The number of hydrogen-bond acceptors (Lipinski definition) is 3. The molecule has 18 heavy (non-hydrogen) atoms. The maximum Gasteiger partial charge on any atom is 0.335 e. The van der Waals surface area contributed by atoms with Crippen LogP contribution in [0.2, 0.25) is 0 Å². The summed E-state index contributed by atoms with van der Waals surface area (Å²) in [5.41, 5.74) is 1.13. The van der Waals surface area contributed by atoms with Gasteiger partial charge in [0.15, 0.2) is 0 Å². The quantitative estimate of drug-likeness (QED) is 0.836. The number of benzene rings is 1. The molecule has 0 radical (unpaired) electrons. The maximum atomic E-state index is 11.7. The molecule has 0 bridgehead atoms. The van der Waals surface area contributed by atoms with Crippen LogP contribution >= 0.6 is 0 Å². The van der Waals surface area contributed by atoms with Crippen molar-refractivity contribution in [3.05, 3.63) is 35.4 Å². The molecule has 1 fully saturated rings. The topological polar surface area (TPSA) is 75.6 Å². The van der Waals surface area contributed by atoms with E-state index in [9.17, 15) is 9.59 Å². The van der Waals surface area contributed by atoms with E-state index in [1.807, 2.05) is 0 Å². The van der Waals surface area contributed by atoms with E-state index in [-0.39, 0.29) is 17.4 Å². The van der Waals surface area contributed by atoms with Gasteiger partial charge in [0.1, 0.15) is 0 Å². The highest BCUT2D eigenvalue weighted by Gasteiger charge is 2.22. The van der Waals surface area contributed by atoms with Crippen LogP contribution in [0.1, 0.15) is 22.3 Å². The van der Waals surface area contributed by atoms with Crippen LogP contribution in [0.15, 0.2) is 24.3 Å². The Bertz CT molecular complexity index is 435. The minimum absolute atomic E-state index is 0.00480. The fourth-order valence-corrected chi connectivity index (χ4v) is 1.84. The lowest BCUT2D eigenvalue weighted by atomic mass is 10.1. The van der Waals surface area contributed by atoms with Gasteiger partial charge in [-0.05, 0) is 24.1 Å². The van der Waals surface area contributed by atoms with E-state index in [1.54, 1.807) is 12.1 Å². The van der Waals surface area contributed by atoms with Crippen molar-refractivity contribution < 1.29 is 19.4 Å². The molecule has 1 aromatic rings. The molecule has 1 aliphatic rings. The molecule has 2 rings (SSSR count). The third-order valence-corrected chi connectivity index (χ3v) is 2.97. The van der Waals surface area contributed by atoms with Crippen molar-refractivity contribution in [1.82, 2.24) is 5.32 Å². The zero-order valence-electron chi connectivity index (χ0n) is 9.89. The first-order valence-corrected chi connectivity index (χ1v) is 5.84. The van der Waals surface area contributed by atoms with Gasteiger partial charge in [0.25, 0.3) is 0 Å². The van der Waals surface area contributed by atoms with E-state index in [4.69, 9.17) is 9.84 Å². The molecule has 1 aliphatic heterocycles. The fourth-order valence-electron chi connectivity index (χ4n) is 1.84. The van der Waals surface area contributed by atoms with Crippen LogP contribution < -0.4 is 5.32 Å². The molecule has 1 atom stereocenters. The Labute approximate surface area is 105 Å². The van der Waals surface area contributed by atoms with Gasteiger partial charge in [0.2, 0.25) is 5.91 Å². The van der Waals surface area contributed by atoms with Crippen molar-refractivity contribution in [2.45, 2.75) is 13.0 Å². The van der Waals surface area contributed by atoms with Gasteiger partial charge in [-0.3, -0.25) is 4.79 Å². The molecule has 0 aromatic heterocycles. The number of carboxylic acid groups (broad SMARTS) is 1. The normalized spacial score (nSPS) is 18.6. The summed E-state index contributed by atoms with van der Waals surface area (Å²) < 4.78 is 5.15. The Kier molecular flexibility index (Phi) is 3.94. The van der Waals surface area contributed by atoms with Gasteiger partial charge >= 0.3 is 5.97 Å². The van der Waals surface area contributed by atoms with Crippen molar-refractivity contribution in [1.29, 1.82) is 0 Å². The Morgan fingerprint density at radius 3 is 2.61 bits per heavy atom. The van der Waals surface area contributed by atoms with Gasteiger partial charge < -0.3 is 15.2 Å². The number of carboxylic acids is 1. The van der Waals surface area contributed by atoms with Gasteiger partial charge in [-0.15, -0.1) is 0 Å². The molecule has 1 aromatic carbocycles. The minimum atomic E-state index is -0.950. The Morgan fingerprint density at radius 1 is 1.33 bits per heavy atom. The van der Waals surface area contributed by atoms with Gasteiger partial charge in [-0.1, -0.05) is 12.1 Å². The summed E-state index contributed by atoms with van der Waals surface area (Å²) in [7, 11) is 0. The van der Waals surface area contributed by atoms with Crippen LogP contribution in [-0.4, -0.2) is 30.2 Å². The average molecular weight is 249 g/mol. The second-order valence-electron chi connectivity index (χ2n) is 4.28. The number of hydrogen-bond donors (Lipinski definition) is 2. The van der Waals surface area contributed by atoms with Crippen molar-refractivity contribution in [3.63, 3.8) is 0 Å². The number of amides is 1. The predicted octanol–water partition coefficient (Wildman–Crippen LogP) is 1.04. The van der Waals surface area contributed by atoms with Gasteiger partial charge in [-0.25, -0.2) is 4.79 Å². The summed E-state index contributed by atoms with van der Waals surface area (Å²) >= 11 is 0. The number of rotatable bonds is 4. The first kappa shape index (κ1) is 12.6. The summed E-state index contributed by atoms with van der Waals surface area (Å²) in [6.07, 6.45) is 0.768. The fraction of sp³-hybridized carbons (Fsp3) is 0.385. The largest absolute Gasteiger partial charge is 0.478 e. The van der Waals surface area contributed by atoms with Crippen LogP contribution in [0.4, 0.5) is 0 Å². The van der Waals surface area contributed by atoms with Crippen LogP contribution in [0.5, 0.6) is 0 Å². The molecule has 0 spiro atoms. The monoisotopic (exact) mass is 249 g/mol. The van der Waals surface area contributed by atoms with Crippen LogP contribution in [0.25, 0.3) is 0 Å². The minimum Gasteiger partial charge on any atom is -0.478 e. The lowest BCUT2D eigenvalue weighted by Gasteiger charge is -2.09. The average Bonchev–Trinajstić information content (AvgIpc) is 2.90. The van der Waals surface area contributed by atoms with Crippen molar-refractivity contribution in [2.24, 2.45) is 5.92 Å². The predicted molar refractivity (Wildman–Crippen MR) is 64.2 cm³/mol. The number of ether oxygens (including phenoxy) is 1. The standard InChI is InChI=1S/C13H15NO4/c15-12(11-5-6-18-8-11)14-7-9-1-3-10(4-2-9)13(16)17/h1-4,11H,5-8H2,(H,14,15)(H,16,17). The lowest BCUT2D eigenvalue weighted by molar-refractivity contribution is -0.125. The Balaban J connectivity index is 1.86. The van der Waals surface area contributed by atoms with E-state index in [2.05, 4.69) is 5.32 Å². The molecule has 5 heteroatoms. The third kappa shape index (κ3) is 3.07. The van der Waals surface area contributed by atoms with Crippen LogP contribution in [-0.2, 0) is 16.1 Å². The van der Waals surface area contributed by atoms with Gasteiger partial charge in [-0.2, -0.15) is 0 Å². The Hall–Kier alpha value is -1.88. The van der Waals surface area contributed by atoms with Gasteiger partial charge in [0, 0.05) is 13.2 Å². The molecule has 0 aliphatic carbocycles. The number of nitrogens with one attached hydrogen (secondary N) is 1. The van der Waals surface area contributed by atoms with E-state index in [1.165, 1.54) is 12.1 Å². The smallest absolute Gasteiger partial charge is 0.335 e. The van der Waals surface area contributed by atoms with Crippen molar-refractivity contribution in [2.75, 3.05) is 13.2 Å². The van der Waals surface area contributed by atoms with Crippen LogP contribution in [0.3, 0.4) is 0 Å². The van der Waals surface area contributed by atoms with Crippen LogP contribution in [0, 0.1) is 5.92 Å². The highest BCUT2D eigenvalue weighted by atomic mass is 16.5. The molecule has 96 valence electrons. The molecule has 1 heterocycles. The molecule has 1 saturated heterocycles. The number of carbonyl (C=O) groups is 2. The highest BCUT2D eigenvalue weighted by Crippen LogP contribution is 2.12. The highest BCUT2D eigenvalue weighted by molar-refractivity contribution is 5.87. The second kappa shape index (κ2) is 5.64. The summed E-state index contributed by atoms with van der Waals surface area (Å²) in [5, 5.41) is 11.6. The van der Waals surface area contributed by atoms with E-state index < -0.39 is 5.97 Å². The van der Waals surface area contributed by atoms with Crippen molar-refractivity contribution >= 4 is 11.9 Å². The number of aromatic carboxylic acids is 1. The van der Waals surface area contributed by atoms with E-state index >= 15 is 0 Å². The molecule has 0 saturated carbocycles. The zero-order chi connectivity index (χ0) is 13.0. The summed E-state index contributed by atoms with van der Waals surface area (Å²) in [4.78, 5) is 22.4. The molecule has 5 nitrogen and oxygen atoms in total.